The van der Waals surface area contributed by atoms with Gasteiger partial charge in [0.1, 0.15) is 5.75 Å². The second kappa shape index (κ2) is 14.3. The molecule has 0 amide bonds. The predicted molar refractivity (Wildman–Crippen MR) is 135 cm³/mol. The van der Waals surface area contributed by atoms with Gasteiger partial charge in [-0.15, -0.1) is 0 Å². The standard InChI is InChI=1S/C29H44N2O/c1-3-5-7-8-12-24-22-30-29(31-23-24)27-17-19-28(20-18-27)32-21-11-16-26-15-10-9-14-25(26)13-6-4-2/h17-20,22-23,25-26H,3-16,21H2,1-2H3. The van der Waals surface area contributed by atoms with E-state index < -0.39 is 0 Å². The van der Waals surface area contributed by atoms with Crippen LogP contribution in [0.25, 0.3) is 11.4 Å². The third kappa shape index (κ3) is 8.22. The van der Waals surface area contributed by atoms with Crippen molar-refractivity contribution >= 4 is 0 Å². The number of aryl methyl sites for hydroxylation is 1. The van der Waals surface area contributed by atoms with Crippen LogP contribution in [0.4, 0.5) is 0 Å². The van der Waals surface area contributed by atoms with E-state index in [1.165, 1.54) is 82.6 Å². The molecule has 3 nitrogen and oxygen atoms in total. The Morgan fingerprint density at radius 2 is 1.44 bits per heavy atom. The molecule has 0 bridgehead atoms. The summed E-state index contributed by atoms with van der Waals surface area (Å²) in [5.41, 5.74) is 2.29. The van der Waals surface area contributed by atoms with Gasteiger partial charge >= 0.3 is 0 Å². The van der Waals surface area contributed by atoms with E-state index in [1.54, 1.807) is 0 Å². The Kier molecular flexibility index (Phi) is 11.0. The molecule has 1 saturated carbocycles. The fraction of sp³-hybridized carbons (Fsp3) is 0.655. The van der Waals surface area contributed by atoms with Crippen LogP contribution in [0.15, 0.2) is 36.7 Å². The van der Waals surface area contributed by atoms with E-state index in [9.17, 15) is 0 Å². The molecular weight excluding hydrogens is 392 g/mol. The molecule has 1 heterocycles. The Hall–Kier alpha value is -1.90. The first kappa shape index (κ1) is 24.7. The summed E-state index contributed by atoms with van der Waals surface area (Å²) in [5.74, 6) is 3.63. The summed E-state index contributed by atoms with van der Waals surface area (Å²) >= 11 is 0. The normalized spacial score (nSPS) is 18.6. The minimum atomic E-state index is 0.796. The Balaban J connectivity index is 1.40. The number of hydrogen-bond donors (Lipinski definition) is 0. The molecule has 3 heteroatoms. The predicted octanol–water partition coefficient (Wildman–Crippen LogP) is 8.42. The maximum absolute atomic E-state index is 6.05. The topological polar surface area (TPSA) is 35.0 Å². The van der Waals surface area contributed by atoms with Crippen LogP contribution in [-0.2, 0) is 6.42 Å². The third-order valence-corrected chi connectivity index (χ3v) is 7.12. The quantitative estimate of drug-likeness (QED) is 0.279. The molecule has 2 unspecified atom stereocenters. The van der Waals surface area contributed by atoms with E-state index in [1.807, 2.05) is 12.4 Å². The molecule has 0 N–H and O–H groups in total. The van der Waals surface area contributed by atoms with Gasteiger partial charge in [-0.3, -0.25) is 0 Å². The van der Waals surface area contributed by atoms with Gasteiger partial charge in [0.15, 0.2) is 5.82 Å². The second-order valence-corrected chi connectivity index (χ2v) is 9.69. The van der Waals surface area contributed by atoms with Crippen molar-refractivity contribution in [2.24, 2.45) is 11.8 Å². The molecule has 2 aromatic rings. The second-order valence-electron chi connectivity index (χ2n) is 9.69. The molecule has 176 valence electrons. The van der Waals surface area contributed by atoms with Crippen LogP contribution in [0, 0.1) is 11.8 Å². The van der Waals surface area contributed by atoms with Gasteiger partial charge in [0.2, 0.25) is 0 Å². The lowest BCUT2D eigenvalue weighted by Crippen LogP contribution is -2.20. The molecule has 1 aromatic heterocycles. The molecule has 32 heavy (non-hydrogen) atoms. The number of nitrogens with zero attached hydrogens (tertiary/aromatic N) is 2. The number of unbranched alkanes of at least 4 members (excludes halogenated alkanes) is 4. The van der Waals surface area contributed by atoms with Gasteiger partial charge in [-0.2, -0.15) is 0 Å². The molecule has 0 spiro atoms. The van der Waals surface area contributed by atoms with E-state index in [0.717, 1.165) is 48.4 Å². The summed E-state index contributed by atoms with van der Waals surface area (Å²) in [6.45, 7) is 5.38. The molecule has 0 aliphatic heterocycles. The zero-order valence-corrected chi connectivity index (χ0v) is 20.5. The van der Waals surface area contributed by atoms with Gasteiger partial charge < -0.3 is 4.74 Å². The van der Waals surface area contributed by atoms with E-state index in [2.05, 4.69) is 48.1 Å². The third-order valence-electron chi connectivity index (χ3n) is 7.12. The minimum Gasteiger partial charge on any atom is -0.494 e. The van der Waals surface area contributed by atoms with Crippen LogP contribution in [0.3, 0.4) is 0 Å². The number of benzene rings is 1. The summed E-state index contributed by atoms with van der Waals surface area (Å²) in [6, 6.07) is 8.27. The highest BCUT2D eigenvalue weighted by atomic mass is 16.5. The maximum atomic E-state index is 6.05. The van der Waals surface area contributed by atoms with Crippen LogP contribution in [-0.4, -0.2) is 16.6 Å². The molecule has 1 aromatic carbocycles. The van der Waals surface area contributed by atoms with E-state index in [-0.39, 0.29) is 0 Å². The highest BCUT2D eigenvalue weighted by molar-refractivity contribution is 5.55. The lowest BCUT2D eigenvalue weighted by molar-refractivity contribution is 0.191. The van der Waals surface area contributed by atoms with E-state index in [0.29, 0.717) is 0 Å². The lowest BCUT2D eigenvalue weighted by atomic mass is 9.75. The number of ether oxygens (including phenoxy) is 1. The maximum Gasteiger partial charge on any atom is 0.159 e. The average molecular weight is 437 g/mol. The Morgan fingerprint density at radius 1 is 0.781 bits per heavy atom. The van der Waals surface area contributed by atoms with Gasteiger partial charge in [-0.25, -0.2) is 9.97 Å². The Labute approximate surface area is 196 Å². The average Bonchev–Trinajstić information content (AvgIpc) is 2.84. The van der Waals surface area contributed by atoms with E-state index in [4.69, 9.17) is 4.74 Å². The summed E-state index contributed by atoms with van der Waals surface area (Å²) < 4.78 is 6.05. The number of hydrogen-bond acceptors (Lipinski definition) is 3. The number of rotatable bonds is 14. The van der Waals surface area contributed by atoms with Crippen LogP contribution < -0.4 is 4.74 Å². The zero-order chi connectivity index (χ0) is 22.4. The van der Waals surface area contributed by atoms with Crippen LogP contribution >= 0.6 is 0 Å². The van der Waals surface area contributed by atoms with Gasteiger partial charge in [0.05, 0.1) is 6.61 Å². The summed E-state index contributed by atoms with van der Waals surface area (Å²) in [7, 11) is 0. The molecule has 1 aliphatic carbocycles. The van der Waals surface area contributed by atoms with Crippen LogP contribution in [0.5, 0.6) is 5.75 Å². The summed E-state index contributed by atoms with van der Waals surface area (Å²) in [4.78, 5) is 9.16. The summed E-state index contributed by atoms with van der Waals surface area (Å²) in [5, 5.41) is 0. The first-order valence-electron chi connectivity index (χ1n) is 13.3. The van der Waals surface area contributed by atoms with Gasteiger partial charge in [0, 0.05) is 18.0 Å². The number of aromatic nitrogens is 2. The van der Waals surface area contributed by atoms with Crippen molar-refractivity contribution in [2.45, 2.75) is 104 Å². The van der Waals surface area contributed by atoms with E-state index >= 15 is 0 Å². The SMILES string of the molecule is CCCCCCc1cnc(-c2ccc(OCCCC3CCCCC3CCCC)cc2)nc1. The van der Waals surface area contributed by atoms with Crippen molar-refractivity contribution < 1.29 is 4.74 Å². The van der Waals surface area contributed by atoms with Crippen molar-refractivity contribution in [1.82, 2.24) is 9.97 Å². The zero-order valence-electron chi connectivity index (χ0n) is 20.5. The molecular formula is C29H44N2O. The van der Waals surface area contributed by atoms with Gasteiger partial charge in [-0.1, -0.05) is 78.1 Å². The van der Waals surface area contributed by atoms with Gasteiger partial charge in [-0.05, 0) is 67.3 Å². The fourth-order valence-corrected chi connectivity index (χ4v) is 5.14. The first-order valence-corrected chi connectivity index (χ1v) is 13.3. The smallest absolute Gasteiger partial charge is 0.159 e. The monoisotopic (exact) mass is 436 g/mol. The van der Waals surface area contributed by atoms with Crippen molar-refractivity contribution in [1.29, 1.82) is 0 Å². The summed E-state index contributed by atoms with van der Waals surface area (Å²) in [6.07, 6.45) is 22.6. The lowest BCUT2D eigenvalue weighted by Gasteiger charge is -2.31. The first-order chi connectivity index (χ1) is 15.8. The van der Waals surface area contributed by atoms with Crippen molar-refractivity contribution in [3.8, 4) is 17.1 Å². The van der Waals surface area contributed by atoms with Crippen LogP contribution in [0.2, 0.25) is 0 Å². The minimum absolute atomic E-state index is 0.796. The molecule has 1 fully saturated rings. The largest absolute Gasteiger partial charge is 0.494 e. The molecule has 2 atom stereocenters. The van der Waals surface area contributed by atoms with Crippen LogP contribution in [0.1, 0.15) is 103 Å². The van der Waals surface area contributed by atoms with Gasteiger partial charge in [0.25, 0.3) is 0 Å². The Morgan fingerprint density at radius 3 is 2.09 bits per heavy atom. The fourth-order valence-electron chi connectivity index (χ4n) is 5.14. The highest BCUT2D eigenvalue weighted by Gasteiger charge is 2.23. The van der Waals surface area contributed by atoms with Crippen molar-refractivity contribution in [3.05, 3.63) is 42.2 Å². The molecule has 1 aliphatic rings. The highest BCUT2D eigenvalue weighted by Crippen LogP contribution is 2.36. The van der Waals surface area contributed by atoms with Crippen molar-refractivity contribution in [2.75, 3.05) is 6.61 Å². The molecule has 0 saturated heterocycles. The van der Waals surface area contributed by atoms with Crippen molar-refractivity contribution in [3.63, 3.8) is 0 Å². The Bertz CT molecular complexity index is 741. The molecule has 0 radical (unpaired) electrons. The molecule has 3 rings (SSSR count).